The summed E-state index contributed by atoms with van der Waals surface area (Å²) in [6.07, 6.45) is 1.68. The number of likely N-dealkylation sites (tertiary alicyclic amines) is 3. The smallest absolute Gasteiger partial charge is 1.00 e. The Labute approximate surface area is 615 Å². The molecule has 513 valence electrons. The number of rotatable bonds is 12. The first kappa shape index (κ1) is 81.4. The number of ketones is 1. The molecular formula is C63H80BBr3Cl3N9NaO15. The van der Waals surface area contributed by atoms with Crippen molar-refractivity contribution in [1.82, 2.24) is 43.4 Å². The van der Waals surface area contributed by atoms with E-state index in [9.17, 15) is 59.1 Å². The SMILES string of the molecule is CC(C)(C)OC(=O)N1CCC[C@H](O)[C@H]1CC(=O)Cn1cnc2cc(Br)c(Cl)cc2c1=O.CC(C)(C)OC(=O)N1CCC[C@H](O)[C@H]1C[C@@H](O)Cn1cnc2cc(Br)c(Cl)cc2c1=O.CC(C)(C)OC(=O)N1CCC[C@H](O)[C@H]1C[C@H](O)Cn1cnc2cc(Br)c(Cl)cc2c1=O.[B].[H-].[Na+]. The number of carbonyl (C=O) groups excluding carboxylic acids is 4. The maximum absolute atomic E-state index is 12.8. The van der Waals surface area contributed by atoms with Crippen molar-refractivity contribution in [3.63, 3.8) is 0 Å². The van der Waals surface area contributed by atoms with Gasteiger partial charge in [0.2, 0.25) is 0 Å². The molecular weight excluding hydrogens is 1500 g/mol. The molecule has 24 nitrogen and oxygen atoms in total. The zero-order valence-electron chi connectivity index (χ0n) is 55.6. The Morgan fingerprint density at radius 3 is 1.13 bits per heavy atom. The van der Waals surface area contributed by atoms with Gasteiger partial charge >= 0.3 is 47.8 Å². The van der Waals surface area contributed by atoms with Crippen LogP contribution in [0.15, 0.2) is 83.2 Å². The summed E-state index contributed by atoms with van der Waals surface area (Å²) >= 11 is 28.2. The molecule has 95 heavy (non-hydrogen) atoms. The number of carbonyl (C=O) groups is 4. The van der Waals surface area contributed by atoms with Gasteiger partial charge < -0.3 is 55.9 Å². The van der Waals surface area contributed by atoms with E-state index in [1.54, 1.807) is 80.5 Å². The van der Waals surface area contributed by atoms with Crippen molar-refractivity contribution < 1.29 is 89.9 Å². The summed E-state index contributed by atoms with van der Waals surface area (Å²) in [6.45, 7) is 16.9. The van der Waals surface area contributed by atoms with Gasteiger partial charge in [-0.1, -0.05) is 34.8 Å². The summed E-state index contributed by atoms with van der Waals surface area (Å²) in [5.41, 5.74) is -1.61. The molecule has 3 saturated heterocycles. The number of fused-ring (bicyclic) bond motifs is 3. The number of hydrogen-bond donors (Lipinski definition) is 5. The summed E-state index contributed by atoms with van der Waals surface area (Å²) < 4.78 is 22.1. The minimum atomic E-state index is -0.981. The van der Waals surface area contributed by atoms with Crippen LogP contribution in [0.25, 0.3) is 32.7 Å². The molecule has 3 amide bonds. The van der Waals surface area contributed by atoms with Crippen LogP contribution in [0.5, 0.6) is 0 Å². The summed E-state index contributed by atoms with van der Waals surface area (Å²) in [5, 5.41) is 55.0. The van der Waals surface area contributed by atoms with Crippen LogP contribution in [-0.4, -0.2) is 186 Å². The largest absolute Gasteiger partial charge is 1.00 e. The average molecular weight is 1580 g/mol. The van der Waals surface area contributed by atoms with Gasteiger partial charge in [0.05, 0.1) is 135 Å². The van der Waals surface area contributed by atoms with Gasteiger partial charge in [-0.2, -0.15) is 0 Å². The Morgan fingerprint density at radius 2 is 0.811 bits per heavy atom. The number of nitrogens with zero attached hydrogens (tertiary/aromatic N) is 9. The fourth-order valence-corrected chi connectivity index (χ4v) is 12.5. The number of halogens is 6. The van der Waals surface area contributed by atoms with Crippen molar-refractivity contribution in [3.8, 4) is 0 Å². The van der Waals surface area contributed by atoms with Crippen molar-refractivity contribution in [2.75, 3.05) is 19.6 Å². The number of Topliss-reactive ketones (excluding diaryl/α,β-unsaturated/α-hetero) is 1. The maximum Gasteiger partial charge on any atom is 1.00 e. The van der Waals surface area contributed by atoms with E-state index in [4.69, 9.17) is 49.0 Å². The average Bonchev–Trinajstić information content (AvgIpc) is 0.818. The summed E-state index contributed by atoms with van der Waals surface area (Å²) in [5.74, 6) is -0.300. The van der Waals surface area contributed by atoms with E-state index in [0.29, 0.717) is 119 Å². The maximum atomic E-state index is 12.8. The molecule has 3 aromatic heterocycles. The number of ether oxygens (including phenoxy) is 3. The Balaban J connectivity index is 0.000000302. The van der Waals surface area contributed by atoms with Crippen LogP contribution >= 0.6 is 82.6 Å². The number of hydrogen-bond acceptors (Lipinski definition) is 18. The minimum absolute atomic E-state index is 0. The Kier molecular flexibility index (Phi) is 29.7. The molecule has 8 atom stereocenters. The number of aliphatic hydroxyl groups excluding tert-OH is 5. The van der Waals surface area contributed by atoms with Gasteiger partial charge in [-0.15, -0.1) is 0 Å². The van der Waals surface area contributed by atoms with Crippen LogP contribution in [0, 0.1) is 0 Å². The number of aromatic nitrogens is 6. The summed E-state index contributed by atoms with van der Waals surface area (Å²) in [4.78, 5) is 106. The van der Waals surface area contributed by atoms with Crippen LogP contribution in [-0.2, 0) is 38.6 Å². The Bertz CT molecular complexity index is 3760. The minimum Gasteiger partial charge on any atom is -1.00 e. The van der Waals surface area contributed by atoms with E-state index < -0.39 is 83.7 Å². The third-order valence-electron chi connectivity index (χ3n) is 15.3. The van der Waals surface area contributed by atoms with Crippen LogP contribution in [0.3, 0.4) is 0 Å². The van der Waals surface area contributed by atoms with Crippen molar-refractivity contribution in [1.29, 1.82) is 0 Å². The molecule has 0 aliphatic carbocycles. The van der Waals surface area contributed by atoms with Gasteiger partial charge in [0.15, 0.2) is 5.78 Å². The fraction of sp³-hybridized carbons (Fsp3) is 0.556. The van der Waals surface area contributed by atoms with Crippen LogP contribution in [0.4, 0.5) is 14.4 Å². The summed E-state index contributed by atoms with van der Waals surface area (Å²) in [6, 6.07) is 7.64. The predicted octanol–water partition coefficient (Wildman–Crippen LogP) is 6.92. The molecule has 5 N–H and O–H groups in total. The second-order valence-electron chi connectivity index (χ2n) is 26.3. The molecule has 3 aliphatic heterocycles. The quantitative estimate of drug-likeness (QED) is 0.0613. The molecule has 3 aliphatic rings. The van der Waals surface area contributed by atoms with E-state index in [0.717, 1.165) is 0 Å². The molecule has 32 heteroatoms. The number of piperidine rings is 3. The fourth-order valence-electron chi connectivity index (χ4n) is 11.0. The van der Waals surface area contributed by atoms with E-state index in [1.807, 2.05) is 0 Å². The van der Waals surface area contributed by atoms with Crippen LogP contribution in [0.1, 0.15) is 122 Å². The Morgan fingerprint density at radius 1 is 0.526 bits per heavy atom. The molecule has 0 unspecified atom stereocenters. The molecule has 3 radical (unpaired) electrons. The van der Waals surface area contributed by atoms with Gasteiger partial charge in [0.25, 0.3) is 16.7 Å². The summed E-state index contributed by atoms with van der Waals surface area (Å²) in [7, 11) is 0. The van der Waals surface area contributed by atoms with E-state index >= 15 is 0 Å². The van der Waals surface area contributed by atoms with E-state index in [1.165, 1.54) is 65.6 Å². The Hall–Kier alpha value is -4.27. The predicted molar refractivity (Wildman–Crippen MR) is 370 cm³/mol. The molecule has 0 saturated carbocycles. The van der Waals surface area contributed by atoms with Gasteiger partial charge in [0.1, 0.15) is 16.8 Å². The first-order valence-electron chi connectivity index (χ1n) is 30.3. The van der Waals surface area contributed by atoms with Gasteiger partial charge in [-0.25, -0.2) is 29.3 Å². The number of benzene rings is 3. The zero-order chi connectivity index (χ0) is 68.8. The third kappa shape index (κ3) is 22.4. The van der Waals surface area contributed by atoms with Crippen molar-refractivity contribution in [2.45, 2.75) is 205 Å². The second kappa shape index (κ2) is 34.7. The number of aliphatic hydroxyl groups is 5. The molecule has 6 aromatic rings. The van der Waals surface area contributed by atoms with Crippen LogP contribution in [0.2, 0.25) is 15.1 Å². The van der Waals surface area contributed by atoms with Gasteiger partial charge in [-0.05, 0) is 198 Å². The molecule has 3 fully saturated rings. The second-order valence-corrected chi connectivity index (χ2v) is 30.1. The third-order valence-corrected chi connectivity index (χ3v) is 18.9. The molecule has 6 heterocycles. The molecule has 3 aromatic carbocycles. The standard InChI is InChI=1S/2C21H27BrClN3O5.C21H25BrClN3O5.B.Na.H/c3*1-21(2,3)31-20(30)26-6-4-5-18(28)17(26)7-12(27)10-25-11-24-16-9-14(22)15(23)8-13(16)19(25)29;;;/h2*8-9,11-12,17-18,27-28H,4-7,10H2,1-3H3;8-9,11,17-18,28H,4-7,10H2,1-3H3;;;/q;;;;+1;-1/t12-,17+,18-;12-,17-,18+;17-,18+;;;/m011.../s1. The first-order valence-corrected chi connectivity index (χ1v) is 33.8. The molecule has 9 rings (SSSR count). The van der Waals surface area contributed by atoms with Crippen molar-refractivity contribution in [2.24, 2.45) is 0 Å². The zero-order valence-corrected chi connectivity index (χ0v) is 63.6. The number of amides is 3. The molecule has 0 bridgehead atoms. The van der Waals surface area contributed by atoms with Crippen molar-refractivity contribution >= 4 is 148 Å². The van der Waals surface area contributed by atoms with E-state index in [-0.39, 0.29) is 101 Å². The topological polar surface area (TPSA) is 312 Å². The first-order chi connectivity index (χ1) is 43.4. The normalized spacial score (nSPS) is 19.9. The monoisotopic (exact) mass is 1580 g/mol. The van der Waals surface area contributed by atoms with Crippen LogP contribution < -0.4 is 46.2 Å². The van der Waals surface area contributed by atoms with Crippen molar-refractivity contribution in [3.05, 3.63) is 115 Å². The van der Waals surface area contributed by atoms with Gasteiger partial charge in [-0.3, -0.25) is 32.9 Å². The molecule has 0 spiro atoms. The van der Waals surface area contributed by atoms with Gasteiger partial charge in [0, 0.05) is 47.9 Å². The van der Waals surface area contributed by atoms with E-state index in [2.05, 4.69) is 62.7 Å².